The van der Waals surface area contributed by atoms with Crippen LogP contribution in [0.25, 0.3) is 0 Å². The second-order valence-electron chi connectivity index (χ2n) is 5.01. The van der Waals surface area contributed by atoms with E-state index in [-0.39, 0.29) is 0 Å². The van der Waals surface area contributed by atoms with Crippen molar-refractivity contribution in [1.82, 2.24) is 10.6 Å². The van der Waals surface area contributed by atoms with Crippen LogP contribution in [0.4, 0.5) is 4.79 Å². The molecule has 0 rings (SSSR count). The van der Waals surface area contributed by atoms with E-state index in [0.717, 1.165) is 25.7 Å². The first-order valence-corrected chi connectivity index (χ1v) is 6.96. The van der Waals surface area contributed by atoms with Gasteiger partial charge in [-0.25, -0.2) is 4.79 Å². The predicted molar refractivity (Wildman–Crippen MR) is 73.8 cm³/mol. The second kappa shape index (κ2) is 10.00. The maximum absolute atomic E-state index is 11.7. The summed E-state index contributed by atoms with van der Waals surface area (Å²) in [5.74, 6) is 0.428. The lowest BCUT2D eigenvalue weighted by Gasteiger charge is -2.29. The van der Waals surface area contributed by atoms with E-state index in [4.69, 9.17) is 15.3 Å². The molecule has 0 bridgehead atoms. The molecule has 0 aliphatic heterocycles. The van der Waals surface area contributed by atoms with Crippen LogP contribution in [-0.4, -0.2) is 53.3 Å². The van der Waals surface area contributed by atoms with Gasteiger partial charge in [-0.1, -0.05) is 33.1 Å². The van der Waals surface area contributed by atoms with Gasteiger partial charge in [0.2, 0.25) is 0 Å². The van der Waals surface area contributed by atoms with Gasteiger partial charge in [0.25, 0.3) is 0 Å². The molecule has 0 aromatic rings. The lowest BCUT2D eigenvalue weighted by atomic mass is 9.99. The van der Waals surface area contributed by atoms with Crippen LogP contribution in [0.3, 0.4) is 0 Å². The van der Waals surface area contributed by atoms with Gasteiger partial charge >= 0.3 is 6.03 Å². The Kier molecular flexibility index (Phi) is 9.55. The molecule has 6 nitrogen and oxygen atoms in total. The molecule has 0 aliphatic rings. The fraction of sp³-hybridized carbons (Fsp3) is 0.923. The van der Waals surface area contributed by atoms with Crippen LogP contribution in [-0.2, 0) is 0 Å². The summed E-state index contributed by atoms with van der Waals surface area (Å²) in [5.41, 5.74) is -1.37. The van der Waals surface area contributed by atoms with Crippen LogP contribution >= 0.6 is 0 Å². The average Bonchev–Trinajstić information content (AvgIpc) is 2.45. The van der Waals surface area contributed by atoms with Crippen LogP contribution in [0.1, 0.15) is 39.5 Å². The third-order valence-corrected chi connectivity index (χ3v) is 3.38. The van der Waals surface area contributed by atoms with Crippen molar-refractivity contribution in [3.05, 3.63) is 0 Å². The highest BCUT2D eigenvalue weighted by atomic mass is 16.3. The van der Waals surface area contributed by atoms with Crippen molar-refractivity contribution in [2.24, 2.45) is 5.92 Å². The van der Waals surface area contributed by atoms with Crippen molar-refractivity contribution in [2.75, 3.05) is 26.4 Å². The molecule has 19 heavy (non-hydrogen) atoms. The fourth-order valence-corrected chi connectivity index (χ4v) is 1.73. The van der Waals surface area contributed by atoms with Gasteiger partial charge in [0.05, 0.1) is 19.8 Å². The van der Waals surface area contributed by atoms with Crippen LogP contribution in [0.5, 0.6) is 0 Å². The molecule has 114 valence electrons. The summed E-state index contributed by atoms with van der Waals surface area (Å²) in [6.45, 7) is 3.23. The largest absolute Gasteiger partial charge is 0.394 e. The molecule has 6 heteroatoms. The summed E-state index contributed by atoms with van der Waals surface area (Å²) in [6, 6.07) is -0.480. The van der Waals surface area contributed by atoms with Gasteiger partial charge in [-0.2, -0.15) is 0 Å². The minimum Gasteiger partial charge on any atom is -0.394 e. The van der Waals surface area contributed by atoms with E-state index in [2.05, 4.69) is 24.5 Å². The normalized spacial score (nSPS) is 13.1. The summed E-state index contributed by atoms with van der Waals surface area (Å²) in [6.07, 6.45) is 4.32. The van der Waals surface area contributed by atoms with E-state index in [9.17, 15) is 4.79 Å². The number of rotatable bonds is 10. The third kappa shape index (κ3) is 6.75. The Bertz CT molecular complexity index is 237. The molecule has 0 heterocycles. The number of hydrogen-bond acceptors (Lipinski definition) is 4. The molecular weight excluding hydrogens is 248 g/mol. The Labute approximate surface area is 115 Å². The topological polar surface area (TPSA) is 102 Å². The first-order chi connectivity index (χ1) is 9.07. The third-order valence-electron chi connectivity index (χ3n) is 3.38. The molecule has 0 radical (unpaired) electrons. The van der Waals surface area contributed by atoms with Gasteiger partial charge in [-0.15, -0.1) is 0 Å². The summed E-state index contributed by atoms with van der Waals surface area (Å²) in [7, 11) is 0. The molecule has 0 fully saturated rings. The number of amides is 2. The summed E-state index contributed by atoms with van der Waals surface area (Å²) >= 11 is 0. The minimum absolute atomic E-state index is 0.428. The molecule has 0 saturated heterocycles. The number of aliphatic hydroxyl groups excluding tert-OH is 3. The van der Waals surface area contributed by atoms with E-state index in [1.165, 1.54) is 0 Å². The highest BCUT2D eigenvalue weighted by Crippen LogP contribution is 2.11. The van der Waals surface area contributed by atoms with E-state index < -0.39 is 31.4 Å². The smallest absolute Gasteiger partial charge is 0.315 e. The van der Waals surface area contributed by atoms with E-state index in [0.29, 0.717) is 12.5 Å². The first kappa shape index (κ1) is 18.1. The van der Waals surface area contributed by atoms with Gasteiger partial charge in [-0.3, -0.25) is 0 Å². The fourth-order valence-electron chi connectivity index (χ4n) is 1.73. The molecule has 2 amide bonds. The first-order valence-electron chi connectivity index (χ1n) is 6.96. The van der Waals surface area contributed by atoms with Crippen molar-refractivity contribution < 1.29 is 20.1 Å². The molecule has 0 aromatic heterocycles. The van der Waals surface area contributed by atoms with Crippen molar-refractivity contribution >= 4 is 6.03 Å². The SMILES string of the molecule is CCCCC(CC)CNC(=O)NC(CO)(CO)CO. The van der Waals surface area contributed by atoms with Crippen molar-refractivity contribution in [1.29, 1.82) is 0 Å². The van der Waals surface area contributed by atoms with Gasteiger partial charge in [-0.05, 0) is 12.3 Å². The number of nitrogens with one attached hydrogen (secondary N) is 2. The van der Waals surface area contributed by atoms with Crippen LogP contribution in [0.15, 0.2) is 0 Å². The van der Waals surface area contributed by atoms with Gasteiger partial charge in [0.15, 0.2) is 0 Å². The molecule has 5 N–H and O–H groups in total. The van der Waals surface area contributed by atoms with E-state index in [1.807, 2.05) is 0 Å². The highest BCUT2D eigenvalue weighted by molar-refractivity contribution is 5.74. The lowest BCUT2D eigenvalue weighted by Crippen LogP contribution is -2.59. The summed E-state index contributed by atoms with van der Waals surface area (Å²) in [4.78, 5) is 11.7. The standard InChI is InChI=1S/C13H28N2O4/c1-3-5-6-11(4-2)7-14-12(19)15-13(8-16,9-17)10-18/h11,16-18H,3-10H2,1-2H3,(H2,14,15,19). The maximum atomic E-state index is 11.7. The van der Waals surface area contributed by atoms with E-state index in [1.54, 1.807) is 0 Å². The van der Waals surface area contributed by atoms with Crippen molar-refractivity contribution in [3.8, 4) is 0 Å². The van der Waals surface area contributed by atoms with Crippen molar-refractivity contribution in [2.45, 2.75) is 45.1 Å². The molecular formula is C13H28N2O4. The Morgan fingerprint density at radius 3 is 2.16 bits per heavy atom. The second-order valence-corrected chi connectivity index (χ2v) is 5.01. The molecule has 1 atom stereocenters. The molecule has 1 unspecified atom stereocenters. The minimum atomic E-state index is -1.37. The molecule has 0 saturated carbocycles. The predicted octanol–water partition coefficient (Wildman–Crippen LogP) is 0.218. The zero-order valence-electron chi connectivity index (χ0n) is 12.0. The van der Waals surface area contributed by atoms with Crippen molar-refractivity contribution in [3.63, 3.8) is 0 Å². The van der Waals surface area contributed by atoms with Gasteiger partial charge < -0.3 is 26.0 Å². The van der Waals surface area contributed by atoms with Gasteiger partial charge in [0, 0.05) is 6.54 Å². The Morgan fingerprint density at radius 2 is 1.74 bits per heavy atom. The average molecular weight is 276 g/mol. The number of unbranched alkanes of at least 4 members (excludes halogenated alkanes) is 1. The lowest BCUT2D eigenvalue weighted by molar-refractivity contribution is 0.0492. The zero-order chi connectivity index (χ0) is 14.7. The number of carbonyl (C=O) groups is 1. The number of urea groups is 1. The van der Waals surface area contributed by atoms with Gasteiger partial charge in [0.1, 0.15) is 5.54 Å². The maximum Gasteiger partial charge on any atom is 0.315 e. The summed E-state index contributed by atoms with van der Waals surface area (Å²) in [5, 5.41) is 32.4. The van der Waals surface area contributed by atoms with Crippen LogP contribution in [0, 0.1) is 5.92 Å². The molecule has 0 spiro atoms. The van der Waals surface area contributed by atoms with Crippen LogP contribution < -0.4 is 10.6 Å². The van der Waals surface area contributed by atoms with E-state index >= 15 is 0 Å². The zero-order valence-corrected chi connectivity index (χ0v) is 12.0. The summed E-state index contributed by atoms with van der Waals surface area (Å²) < 4.78 is 0. The Morgan fingerprint density at radius 1 is 1.16 bits per heavy atom. The number of carbonyl (C=O) groups excluding carboxylic acids is 1. The Balaban J connectivity index is 4.15. The monoisotopic (exact) mass is 276 g/mol. The van der Waals surface area contributed by atoms with Crippen LogP contribution in [0.2, 0.25) is 0 Å². The Hall–Kier alpha value is -0.850. The molecule has 0 aromatic carbocycles. The molecule has 0 aliphatic carbocycles. The highest BCUT2D eigenvalue weighted by Gasteiger charge is 2.29. The quantitative estimate of drug-likeness (QED) is 0.394. The number of aliphatic hydroxyl groups is 3. The number of hydrogen-bond donors (Lipinski definition) is 5.